The fraction of sp³-hybridized carbons (Fsp3) is 0.323. The molecule has 2 unspecified atom stereocenters. The predicted molar refractivity (Wildman–Crippen MR) is 151 cm³/mol. The molecule has 2 heterocycles. The smallest absolute Gasteiger partial charge is 0.282 e. The minimum Gasteiger partial charge on any atom is -0.484 e. The molecule has 40 heavy (non-hydrogen) atoms. The molecule has 2 aliphatic heterocycles. The molecule has 0 aromatic heterocycles. The Morgan fingerprint density at radius 1 is 1.20 bits per heavy atom. The van der Waals surface area contributed by atoms with E-state index in [1.807, 2.05) is 24.3 Å². The SMILES string of the molecule is CCC1C=CC(CNC(=O)C=CC2Cc3cc(-c4ccc(C(=O)N5CC(F)(F)C5)cc4)cc(Cl)c3O2)=CCC1=N. The number of benzene rings is 2. The van der Waals surface area contributed by atoms with Crippen LogP contribution in [0.3, 0.4) is 0 Å². The third-order valence-electron chi connectivity index (χ3n) is 7.35. The highest BCUT2D eigenvalue weighted by Crippen LogP contribution is 2.40. The summed E-state index contributed by atoms with van der Waals surface area (Å²) in [5.41, 5.74) is 4.59. The molecule has 208 valence electrons. The number of rotatable bonds is 7. The van der Waals surface area contributed by atoms with Gasteiger partial charge in [-0.3, -0.25) is 9.59 Å². The maximum atomic E-state index is 13.1. The van der Waals surface area contributed by atoms with Gasteiger partial charge in [-0.05, 0) is 53.5 Å². The molecule has 5 rings (SSSR count). The van der Waals surface area contributed by atoms with Crippen LogP contribution >= 0.6 is 11.6 Å². The molecule has 2 atom stereocenters. The first-order valence-electron chi connectivity index (χ1n) is 13.3. The molecule has 2 aromatic rings. The van der Waals surface area contributed by atoms with Crippen molar-refractivity contribution in [1.82, 2.24) is 10.2 Å². The molecule has 1 fully saturated rings. The first-order chi connectivity index (χ1) is 19.1. The molecular weight excluding hydrogens is 536 g/mol. The Labute approximate surface area is 236 Å². The predicted octanol–water partition coefficient (Wildman–Crippen LogP) is 6.01. The number of allylic oxidation sites excluding steroid dienone is 2. The van der Waals surface area contributed by atoms with E-state index in [1.54, 1.807) is 36.4 Å². The number of halogens is 3. The zero-order valence-corrected chi connectivity index (χ0v) is 22.8. The third kappa shape index (κ3) is 6.17. The van der Waals surface area contributed by atoms with Gasteiger partial charge in [-0.15, -0.1) is 0 Å². The largest absolute Gasteiger partial charge is 0.484 e. The summed E-state index contributed by atoms with van der Waals surface area (Å²) in [5, 5.41) is 11.4. The van der Waals surface area contributed by atoms with Crippen molar-refractivity contribution in [3.05, 3.63) is 88.5 Å². The molecule has 0 bridgehead atoms. The number of hydrogen-bond donors (Lipinski definition) is 2. The van der Waals surface area contributed by atoms with Gasteiger partial charge in [0.25, 0.3) is 11.8 Å². The van der Waals surface area contributed by atoms with Gasteiger partial charge in [-0.1, -0.05) is 48.9 Å². The standard InChI is InChI=1S/C31H30ClF2N3O3/c1-2-20-5-3-19(4-11-27(20)35)16-36-28(38)12-10-25-14-24-13-23(15-26(32)29(24)40-25)21-6-8-22(9-7-21)30(39)37-17-31(33,34)18-37/h3-10,12-13,15,20,25,35H,2,11,14,16-18H2,1H3,(H,36,38). The lowest BCUT2D eigenvalue weighted by Crippen LogP contribution is -2.58. The van der Waals surface area contributed by atoms with E-state index in [1.165, 1.54) is 6.08 Å². The average Bonchev–Trinajstić information content (AvgIpc) is 3.26. The average molecular weight is 566 g/mol. The second kappa shape index (κ2) is 11.4. The van der Waals surface area contributed by atoms with E-state index in [9.17, 15) is 18.4 Å². The minimum atomic E-state index is -2.80. The summed E-state index contributed by atoms with van der Waals surface area (Å²) in [7, 11) is 0. The molecule has 1 saturated heterocycles. The summed E-state index contributed by atoms with van der Waals surface area (Å²) in [6, 6.07) is 10.5. The van der Waals surface area contributed by atoms with E-state index >= 15 is 0 Å². The molecule has 6 nitrogen and oxygen atoms in total. The molecular formula is C31H30ClF2N3O3. The second-order valence-corrected chi connectivity index (χ2v) is 10.8. The molecule has 0 saturated carbocycles. The Balaban J connectivity index is 1.17. The van der Waals surface area contributed by atoms with Crippen molar-refractivity contribution in [2.24, 2.45) is 5.92 Å². The maximum Gasteiger partial charge on any atom is 0.282 e. The first kappa shape index (κ1) is 27.8. The van der Waals surface area contributed by atoms with Crippen molar-refractivity contribution >= 4 is 29.1 Å². The van der Waals surface area contributed by atoms with Crippen LogP contribution in [-0.2, 0) is 11.2 Å². The topological polar surface area (TPSA) is 82.5 Å². The monoisotopic (exact) mass is 565 g/mol. The lowest BCUT2D eigenvalue weighted by atomic mass is 9.99. The van der Waals surface area contributed by atoms with Crippen molar-refractivity contribution < 1.29 is 23.1 Å². The normalized spacial score (nSPS) is 21.4. The van der Waals surface area contributed by atoms with E-state index in [0.29, 0.717) is 41.4 Å². The van der Waals surface area contributed by atoms with E-state index in [4.69, 9.17) is 21.7 Å². The molecule has 3 aliphatic rings. The van der Waals surface area contributed by atoms with Crippen LogP contribution in [0, 0.1) is 11.3 Å². The number of carbonyl (C=O) groups is 2. The Bertz CT molecular complexity index is 1420. The summed E-state index contributed by atoms with van der Waals surface area (Å²) in [6.45, 7) is 1.35. The summed E-state index contributed by atoms with van der Waals surface area (Å²) in [5.74, 6) is -2.72. The van der Waals surface area contributed by atoms with Gasteiger partial charge < -0.3 is 20.4 Å². The van der Waals surface area contributed by atoms with Crippen LogP contribution in [0.15, 0.2) is 72.4 Å². The number of ether oxygens (including phenoxy) is 1. The van der Waals surface area contributed by atoms with Crippen LogP contribution < -0.4 is 10.1 Å². The third-order valence-corrected chi connectivity index (χ3v) is 7.63. The van der Waals surface area contributed by atoms with Gasteiger partial charge >= 0.3 is 0 Å². The molecule has 9 heteroatoms. The summed E-state index contributed by atoms with van der Waals surface area (Å²) >= 11 is 6.52. The molecule has 0 radical (unpaired) electrons. The van der Waals surface area contributed by atoms with E-state index in [-0.39, 0.29) is 17.9 Å². The Morgan fingerprint density at radius 3 is 2.65 bits per heavy atom. The molecule has 1 aliphatic carbocycles. The van der Waals surface area contributed by atoms with Crippen molar-refractivity contribution in [3.63, 3.8) is 0 Å². The molecule has 2 N–H and O–H groups in total. The van der Waals surface area contributed by atoms with Gasteiger partial charge in [0.15, 0.2) is 0 Å². The number of nitrogens with one attached hydrogen (secondary N) is 2. The highest BCUT2D eigenvalue weighted by molar-refractivity contribution is 6.32. The highest BCUT2D eigenvalue weighted by Gasteiger charge is 2.46. The Hall–Kier alpha value is -3.78. The van der Waals surface area contributed by atoms with Crippen LogP contribution in [-0.4, -0.2) is 54.1 Å². The van der Waals surface area contributed by atoms with Gasteiger partial charge in [0, 0.05) is 48.2 Å². The van der Waals surface area contributed by atoms with Gasteiger partial charge in [0.05, 0.1) is 18.1 Å². The van der Waals surface area contributed by atoms with Crippen LogP contribution in [0.2, 0.25) is 5.02 Å². The molecule has 2 aromatic carbocycles. The fourth-order valence-electron chi connectivity index (χ4n) is 5.03. The van der Waals surface area contributed by atoms with Crippen molar-refractivity contribution in [1.29, 1.82) is 5.41 Å². The number of alkyl halides is 2. The fourth-order valence-corrected chi connectivity index (χ4v) is 5.32. The zero-order chi connectivity index (χ0) is 28.4. The lowest BCUT2D eigenvalue weighted by Gasteiger charge is -2.38. The van der Waals surface area contributed by atoms with Crippen molar-refractivity contribution in [2.45, 2.75) is 38.2 Å². The minimum absolute atomic E-state index is 0.148. The van der Waals surface area contributed by atoms with Gasteiger partial charge in [-0.25, -0.2) is 8.78 Å². The summed E-state index contributed by atoms with van der Waals surface area (Å²) in [4.78, 5) is 26.0. The Morgan fingerprint density at radius 2 is 1.95 bits per heavy atom. The van der Waals surface area contributed by atoms with E-state index < -0.39 is 24.9 Å². The second-order valence-electron chi connectivity index (χ2n) is 10.4. The molecule has 0 spiro atoms. The van der Waals surface area contributed by atoms with Crippen molar-refractivity contribution in [3.8, 4) is 16.9 Å². The van der Waals surface area contributed by atoms with Crippen LogP contribution in [0.4, 0.5) is 8.78 Å². The quantitative estimate of drug-likeness (QED) is 0.404. The number of nitrogens with zero attached hydrogens (tertiary/aromatic N) is 1. The van der Waals surface area contributed by atoms with E-state index in [2.05, 4.69) is 12.2 Å². The highest BCUT2D eigenvalue weighted by atomic mass is 35.5. The number of fused-ring (bicyclic) bond motifs is 1. The zero-order valence-electron chi connectivity index (χ0n) is 22.1. The van der Waals surface area contributed by atoms with Crippen molar-refractivity contribution in [2.75, 3.05) is 19.6 Å². The van der Waals surface area contributed by atoms with Gasteiger partial charge in [0.2, 0.25) is 5.91 Å². The first-order valence-corrected chi connectivity index (χ1v) is 13.7. The van der Waals surface area contributed by atoms with Crippen LogP contribution in [0.1, 0.15) is 35.7 Å². The number of hydrogen-bond acceptors (Lipinski definition) is 4. The van der Waals surface area contributed by atoms with Gasteiger partial charge in [-0.2, -0.15) is 0 Å². The summed E-state index contributed by atoms with van der Waals surface area (Å²) in [6.07, 6.45) is 10.8. The van der Waals surface area contributed by atoms with Gasteiger partial charge in [0.1, 0.15) is 11.9 Å². The number of carbonyl (C=O) groups excluding carboxylic acids is 2. The van der Waals surface area contributed by atoms with Crippen LogP contribution in [0.5, 0.6) is 5.75 Å². The number of amides is 2. The summed E-state index contributed by atoms with van der Waals surface area (Å²) < 4.78 is 32.2. The maximum absolute atomic E-state index is 13.1. The van der Waals surface area contributed by atoms with E-state index in [0.717, 1.165) is 33.6 Å². The van der Waals surface area contributed by atoms with Crippen LogP contribution in [0.25, 0.3) is 11.1 Å². The lowest BCUT2D eigenvalue weighted by molar-refractivity contribution is -0.116. The number of likely N-dealkylation sites (tertiary alicyclic amines) is 1. The molecule has 2 amide bonds. The Kier molecular flexibility index (Phi) is 7.90.